The van der Waals surface area contributed by atoms with Crippen LogP contribution < -0.4 is 5.32 Å². The maximum Gasteiger partial charge on any atom is 0.253 e. The number of hydrogen-bond donors (Lipinski definition) is 1. The Morgan fingerprint density at radius 2 is 2.15 bits per heavy atom. The molecule has 0 heterocycles. The van der Waals surface area contributed by atoms with Crippen molar-refractivity contribution in [2.75, 3.05) is 19.8 Å². The van der Waals surface area contributed by atoms with Gasteiger partial charge in [-0.05, 0) is 25.7 Å². The second-order valence-corrected chi connectivity index (χ2v) is 3.60. The molecule has 4 heteroatoms. The SMILES string of the molecule is CC(NCCOCC1CC1)C(F)F. The summed E-state index contributed by atoms with van der Waals surface area (Å²) in [4.78, 5) is 0. The molecular weight excluding hydrogens is 176 g/mol. The maximum absolute atomic E-state index is 12.0. The highest BCUT2D eigenvalue weighted by atomic mass is 19.3. The summed E-state index contributed by atoms with van der Waals surface area (Å²) in [5, 5.41) is 2.70. The molecule has 1 aliphatic rings. The number of hydrogen-bond acceptors (Lipinski definition) is 2. The van der Waals surface area contributed by atoms with Crippen molar-refractivity contribution >= 4 is 0 Å². The molecule has 1 atom stereocenters. The molecule has 0 amide bonds. The van der Waals surface area contributed by atoms with Crippen molar-refractivity contribution in [2.45, 2.75) is 32.2 Å². The lowest BCUT2D eigenvalue weighted by molar-refractivity contribution is 0.0898. The number of rotatable bonds is 7. The molecule has 13 heavy (non-hydrogen) atoms. The van der Waals surface area contributed by atoms with Crippen molar-refractivity contribution < 1.29 is 13.5 Å². The molecule has 0 aromatic rings. The van der Waals surface area contributed by atoms with E-state index < -0.39 is 12.5 Å². The fourth-order valence-electron chi connectivity index (χ4n) is 0.982. The van der Waals surface area contributed by atoms with Crippen molar-refractivity contribution in [1.29, 1.82) is 0 Å². The molecule has 0 saturated heterocycles. The molecule has 1 aliphatic carbocycles. The third-order valence-electron chi connectivity index (χ3n) is 2.14. The van der Waals surface area contributed by atoms with Crippen LogP contribution in [0.4, 0.5) is 8.78 Å². The summed E-state index contributed by atoms with van der Waals surface area (Å²) in [5.41, 5.74) is 0. The Bertz CT molecular complexity index is 140. The monoisotopic (exact) mass is 193 g/mol. The highest BCUT2D eigenvalue weighted by molar-refractivity contribution is 4.72. The molecule has 2 nitrogen and oxygen atoms in total. The quantitative estimate of drug-likeness (QED) is 0.621. The van der Waals surface area contributed by atoms with Gasteiger partial charge in [-0.3, -0.25) is 0 Å². The van der Waals surface area contributed by atoms with Gasteiger partial charge in [-0.2, -0.15) is 0 Å². The number of alkyl halides is 2. The van der Waals surface area contributed by atoms with Crippen molar-refractivity contribution in [3.05, 3.63) is 0 Å². The van der Waals surface area contributed by atoms with E-state index in [0.717, 1.165) is 12.5 Å². The van der Waals surface area contributed by atoms with Gasteiger partial charge in [0.15, 0.2) is 0 Å². The Morgan fingerprint density at radius 1 is 1.46 bits per heavy atom. The smallest absolute Gasteiger partial charge is 0.253 e. The third-order valence-corrected chi connectivity index (χ3v) is 2.14. The van der Waals surface area contributed by atoms with Gasteiger partial charge in [0.25, 0.3) is 6.43 Å². The highest BCUT2D eigenvalue weighted by Gasteiger charge is 2.21. The van der Waals surface area contributed by atoms with Gasteiger partial charge < -0.3 is 10.1 Å². The fourth-order valence-corrected chi connectivity index (χ4v) is 0.982. The van der Waals surface area contributed by atoms with E-state index in [1.165, 1.54) is 19.8 Å². The Kier molecular flexibility index (Phi) is 4.59. The Labute approximate surface area is 77.6 Å². The number of ether oxygens (including phenoxy) is 1. The normalized spacial score (nSPS) is 19.4. The van der Waals surface area contributed by atoms with Gasteiger partial charge in [-0.25, -0.2) is 8.78 Å². The van der Waals surface area contributed by atoms with Crippen LogP contribution in [0.15, 0.2) is 0 Å². The Balaban J connectivity index is 1.82. The summed E-state index contributed by atoms with van der Waals surface area (Å²) in [6.07, 6.45) is 0.241. The van der Waals surface area contributed by atoms with Crippen LogP contribution in [0.5, 0.6) is 0 Å². The number of halogens is 2. The van der Waals surface area contributed by atoms with E-state index >= 15 is 0 Å². The van der Waals surface area contributed by atoms with Crippen LogP contribution in [0, 0.1) is 5.92 Å². The largest absolute Gasteiger partial charge is 0.380 e. The van der Waals surface area contributed by atoms with E-state index in [4.69, 9.17) is 4.74 Å². The lowest BCUT2D eigenvalue weighted by Gasteiger charge is -2.12. The van der Waals surface area contributed by atoms with Gasteiger partial charge in [0, 0.05) is 13.2 Å². The van der Waals surface area contributed by atoms with Crippen LogP contribution >= 0.6 is 0 Å². The van der Waals surface area contributed by atoms with Gasteiger partial charge >= 0.3 is 0 Å². The molecule has 0 bridgehead atoms. The molecule has 1 unspecified atom stereocenters. The second-order valence-electron chi connectivity index (χ2n) is 3.60. The summed E-state index contributed by atoms with van der Waals surface area (Å²) in [6, 6.07) is -0.732. The minimum absolute atomic E-state index is 0.512. The minimum Gasteiger partial charge on any atom is -0.380 e. The van der Waals surface area contributed by atoms with Crippen molar-refractivity contribution in [3.63, 3.8) is 0 Å². The van der Waals surface area contributed by atoms with Crippen LogP contribution in [0.3, 0.4) is 0 Å². The first kappa shape index (κ1) is 10.9. The predicted molar refractivity (Wildman–Crippen MR) is 47.0 cm³/mol. The lowest BCUT2D eigenvalue weighted by Crippen LogP contribution is -2.35. The van der Waals surface area contributed by atoms with Gasteiger partial charge in [-0.1, -0.05) is 0 Å². The zero-order valence-electron chi connectivity index (χ0n) is 7.93. The van der Waals surface area contributed by atoms with E-state index in [0.29, 0.717) is 13.2 Å². The summed E-state index contributed by atoms with van der Waals surface area (Å²) in [7, 11) is 0. The number of nitrogens with one attached hydrogen (secondary N) is 1. The van der Waals surface area contributed by atoms with Crippen LogP contribution in [-0.4, -0.2) is 32.2 Å². The summed E-state index contributed by atoms with van der Waals surface area (Å²) < 4.78 is 29.2. The molecule has 0 aromatic carbocycles. The van der Waals surface area contributed by atoms with E-state index in [1.807, 2.05) is 0 Å². The zero-order chi connectivity index (χ0) is 9.68. The summed E-state index contributed by atoms with van der Waals surface area (Å²) in [5.74, 6) is 0.743. The van der Waals surface area contributed by atoms with Crippen LogP contribution in [-0.2, 0) is 4.74 Å². The first-order valence-corrected chi connectivity index (χ1v) is 4.79. The topological polar surface area (TPSA) is 21.3 Å². The fraction of sp³-hybridized carbons (Fsp3) is 1.00. The molecule has 1 N–H and O–H groups in total. The maximum atomic E-state index is 12.0. The van der Waals surface area contributed by atoms with E-state index in [1.54, 1.807) is 0 Å². The summed E-state index contributed by atoms with van der Waals surface area (Å²) in [6.45, 7) is 3.32. The van der Waals surface area contributed by atoms with Gasteiger partial charge in [-0.15, -0.1) is 0 Å². The van der Waals surface area contributed by atoms with Crippen molar-refractivity contribution in [3.8, 4) is 0 Å². The standard InChI is InChI=1S/C9H17F2NO/c1-7(9(10)11)12-4-5-13-6-8-2-3-8/h7-9,12H,2-6H2,1H3. The van der Waals surface area contributed by atoms with Gasteiger partial charge in [0.1, 0.15) is 0 Å². The van der Waals surface area contributed by atoms with E-state index in [-0.39, 0.29) is 0 Å². The zero-order valence-corrected chi connectivity index (χ0v) is 7.93. The van der Waals surface area contributed by atoms with Crippen LogP contribution in [0.25, 0.3) is 0 Å². The minimum atomic E-state index is -2.29. The average molecular weight is 193 g/mol. The molecule has 0 aromatic heterocycles. The van der Waals surface area contributed by atoms with Gasteiger partial charge in [0.05, 0.1) is 12.6 Å². The molecule has 1 saturated carbocycles. The lowest BCUT2D eigenvalue weighted by atomic mass is 10.3. The van der Waals surface area contributed by atoms with E-state index in [9.17, 15) is 8.78 Å². The van der Waals surface area contributed by atoms with Crippen molar-refractivity contribution in [1.82, 2.24) is 5.32 Å². The first-order valence-electron chi connectivity index (χ1n) is 4.79. The van der Waals surface area contributed by atoms with E-state index in [2.05, 4.69) is 5.32 Å². The van der Waals surface area contributed by atoms with Crippen molar-refractivity contribution in [2.24, 2.45) is 5.92 Å². The predicted octanol–water partition coefficient (Wildman–Crippen LogP) is 1.66. The second kappa shape index (κ2) is 5.50. The molecule has 1 rings (SSSR count). The molecular formula is C9H17F2NO. The molecule has 1 fully saturated rings. The highest BCUT2D eigenvalue weighted by Crippen LogP contribution is 2.28. The average Bonchev–Trinajstić information content (AvgIpc) is 2.87. The first-order chi connectivity index (χ1) is 6.20. The third kappa shape index (κ3) is 5.16. The molecule has 0 aliphatic heterocycles. The molecule has 0 spiro atoms. The van der Waals surface area contributed by atoms with Gasteiger partial charge in [0.2, 0.25) is 0 Å². The molecule has 78 valence electrons. The Hall–Kier alpha value is -0.220. The summed E-state index contributed by atoms with van der Waals surface area (Å²) >= 11 is 0. The molecule has 0 radical (unpaired) electrons. The Morgan fingerprint density at radius 3 is 2.69 bits per heavy atom. The van der Waals surface area contributed by atoms with Crippen LogP contribution in [0.2, 0.25) is 0 Å². The van der Waals surface area contributed by atoms with Crippen LogP contribution in [0.1, 0.15) is 19.8 Å².